The normalized spacial score (nSPS) is 19.9. The molecule has 0 spiro atoms. The summed E-state index contributed by atoms with van der Waals surface area (Å²) in [6, 6.07) is 35.1. The van der Waals surface area contributed by atoms with Crippen LogP contribution in [0.2, 0.25) is 0 Å². The smallest absolute Gasteiger partial charge is 0.0542 e. The maximum Gasteiger partial charge on any atom is 0.0542 e. The van der Waals surface area contributed by atoms with Gasteiger partial charge >= 0.3 is 0 Å². The molecule has 0 fully saturated rings. The molecule has 8 rings (SSSR count). The zero-order chi connectivity index (χ0) is 33.9. The van der Waals surface area contributed by atoms with Gasteiger partial charge in [0.05, 0.1) is 11.2 Å². The van der Waals surface area contributed by atoms with Crippen molar-refractivity contribution in [2.24, 2.45) is 5.92 Å². The number of para-hydroxylation sites is 1. The van der Waals surface area contributed by atoms with Gasteiger partial charge in [-0.05, 0) is 115 Å². The van der Waals surface area contributed by atoms with Gasteiger partial charge in [-0.25, -0.2) is 0 Å². The van der Waals surface area contributed by atoms with Gasteiger partial charge in [-0.2, -0.15) is 0 Å². The van der Waals surface area contributed by atoms with E-state index in [-0.39, 0.29) is 0 Å². The van der Waals surface area contributed by atoms with Crippen LogP contribution in [0.1, 0.15) is 65.6 Å². The van der Waals surface area contributed by atoms with Crippen LogP contribution in [0.4, 0.5) is 5.69 Å². The monoisotopic (exact) mass is 651 g/mol. The molecule has 2 aliphatic carbocycles. The highest BCUT2D eigenvalue weighted by Gasteiger charge is 2.36. The highest BCUT2D eigenvalue weighted by atomic mass is 15.1. The standard InChI is InChI=1S/C47H45N3/c1-3-14-40(31-35-22-24-37(25-23-35)33-48-32-36-16-6-4-7-17-36)49-30-13-12-15-34(2)45-42(49)28-29-44-47(45)46-41-21-11-10-18-38(41)26-27-43(46)50(44)39-19-8-5-9-20-39/h3-10,12-20,22-25,28-31,38,41,48H,2,11,21,26-27,32-33H2,1H3/b14-3-,15-12-,30-13-,40-31+. The third kappa shape index (κ3) is 6.14. The number of allylic oxidation sites excluding steroid dienone is 8. The van der Waals surface area contributed by atoms with Crippen molar-refractivity contribution in [3.05, 3.63) is 192 Å². The van der Waals surface area contributed by atoms with Crippen molar-refractivity contribution in [3.8, 4) is 5.69 Å². The summed E-state index contributed by atoms with van der Waals surface area (Å²) in [5, 5.41) is 4.95. The zero-order valence-corrected chi connectivity index (χ0v) is 28.9. The Morgan fingerprint density at radius 2 is 1.62 bits per heavy atom. The first-order valence-electron chi connectivity index (χ1n) is 18.1. The molecule has 4 aromatic carbocycles. The molecule has 3 heteroatoms. The van der Waals surface area contributed by atoms with Gasteiger partial charge in [0.1, 0.15) is 0 Å². The lowest BCUT2D eigenvalue weighted by Crippen LogP contribution is -2.22. The second-order valence-electron chi connectivity index (χ2n) is 13.7. The van der Waals surface area contributed by atoms with Crippen LogP contribution in [0.5, 0.6) is 0 Å². The molecule has 248 valence electrons. The number of anilines is 1. The Morgan fingerprint density at radius 1 is 0.860 bits per heavy atom. The Kier molecular flexibility index (Phi) is 9.07. The molecule has 3 nitrogen and oxygen atoms in total. The van der Waals surface area contributed by atoms with Gasteiger partial charge in [-0.15, -0.1) is 0 Å². The molecule has 1 N–H and O–H groups in total. The number of nitrogens with zero attached hydrogens (tertiary/aromatic N) is 2. The Balaban J connectivity index is 1.22. The molecule has 2 unspecified atom stereocenters. The van der Waals surface area contributed by atoms with Gasteiger partial charge in [0.25, 0.3) is 0 Å². The summed E-state index contributed by atoms with van der Waals surface area (Å²) in [6.45, 7) is 8.49. The molecule has 0 saturated heterocycles. The van der Waals surface area contributed by atoms with Crippen molar-refractivity contribution in [3.63, 3.8) is 0 Å². The average Bonchev–Trinajstić information content (AvgIpc) is 3.50. The maximum atomic E-state index is 4.71. The quantitative estimate of drug-likeness (QED) is 0.133. The van der Waals surface area contributed by atoms with Crippen molar-refractivity contribution in [1.82, 2.24) is 9.88 Å². The van der Waals surface area contributed by atoms with Crippen molar-refractivity contribution < 1.29 is 0 Å². The minimum Gasteiger partial charge on any atom is -0.317 e. The third-order valence-corrected chi connectivity index (χ3v) is 10.5. The van der Waals surface area contributed by atoms with E-state index in [1.165, 1.54) is 62.9 Å². The van der Waals surface area contributed by atoms with E-state index in [0.29, 0.717) is 11.8 Å². The first-order valence-corrected chi connectivity index (χ1v) is 18.1. The van der Waals surface area contributed by atoms with E-state index >= 15 is 0 Å². The van der Waals surface area contributed by atoms with Gasteiger partial charge in [-0.3, -0.25) is 0 Å². The lowest BCUT2D eigenvalue weighted by atomic mass is 9.71. The fourth-order valence-corrected chi connectivity index (χ4v) is 8.26. The van der Waals surface area contributed by atoms with Gasteiger partial charge in [-0.1, -0.05) is 110 Å². The van der Waals surface area contributed by atoms with Crippen LogP contribution in [0.15, 0.2) is 158 Å². The molecule has 50 heavy (non-hydrogen) atoms. The number of nitrogens with one attached hydrogen (secondary N) is 1. The van der Waals surface area contributed by atoms with Crippen molar-refractivity contribution in [2.75, 3.05) is 4.90 Å². The zero-order valence-electron chi connectivity index (χ0n) is 28.9. The van der Waals surface area contributed by atoms with Crippen LogP contribution in [0.3, 0.4) is 0 Å². The van der Waals surface area contributed by atoms with E-state index in [0.717, 1.165) is 42.9 Å². The SMILES string of the molecule is C=C1/C=C\C=C/N(C(/C=C\C)=C/c2ccc(CNCc3ccccc3)cc2)c2ccc3c(c21)c1c(n3-c2ccccc2)CCC2C=CCCC12. The van der Waals surface area contributed by atoms with Gasteiger partial charge in [0.15, 0.2) is 0 Å². The molecule has 1 aromatic heterocycles. The molecule has 0 saturated carbocycles. The molecule has 0 amide bonds. The van der Waals surface area contributed by atoms with E-state index in [1.807, 2.05) is 0 Å². The first-order chi connectivity index (χ1) is 24.7. The summed E-state index contributed by atoms with van der Waals surface area (Å²) in [7, 11) is 0. The lowest BCUT2D eigenvalue weighted by molar-refractivity contribution is 0.406. The Labute approximate surface area is 297 Å². The summed E-state index contributed by atoms with van der Waals surface area (Å²) in [5.74, 6) is 1.10. The van der Waals surface area contributed by atoms with E-state index in [4.69, 9.17) is 6.58 Å². The molecular weight excluding hydrogens is 607 g/mol. The summed E-state index contributed by atoms with van der Waals surface area (Å²) < 4.78 is 2.55. The maximum absolute atomic E-state index is 4.71. The minimum absolute atomic E-state index is 0.514. The van der Waals surface area contributed by atoms with Gasteiger partial charge in [0.2, 0.25) is 0 Å². The van der Waals surface area contributed by atoms with Crippen LogP contribution >= 0.6 is 0 Å². The molecule has 3 aliphatic rings. The van der Waals surface area contributed by atoms with Gasteiger partial charge < -0.3 is 14.8 Å². The van der Waals surface area contributed by atoms with Crippen LogP contribution in [-0.4, -0.2) is 4.57 Å². The van der Waals surface area contributed by atoms with E-state index in [2.05, 4.69) is 174 Å². The summed E-state index contributed by atoms with van der Waals surface area (Å²) in [6.07, 6.45) is 24.8. The second kappa shape index (κ2) is 14.2. The highest BCUT2D eigenvalue weighted by Crippen LogP contribution is 2.51. The van der Waals surface area contributed by atoms with Gasteiger partial charge in [0, 0.05) is 47.3 Å². The van der Waals surface area contributed by atoms with Crippen LogP contribution < -0.4 is 10.2 Å². The number of fused-ring (bicyclic) bond motifs is 7. The first kappa shape index (κ1) is 31.9. The van der Waals surface area contributed by atoms with Crippen LogP contribution in [0, 0.1) is 5.92 Å². The topological polar surface area (TPSA) is 20.2 Å². The fraction of sp³-hybridized carbons (Fsp3) is 0.191. The fourth-order valence-electron chi connectivity index (χ4n) is 8.26. The minimum atomic E-state index is 0.514. The Hall–Kier alpha value is -5.38. The largest absolute Gasteiger partial charge is 0.317 e. The Bertz CT molecular complexity index is 2160. The number of rotatable bonds is 8. The molecule has 1 aliphatic heterocycles. The van der Waals surface area contributed by atoms with E-state index < -0.39 is 0 Å². The number of hydrogen-bond donors (Lipinski definition) is 1. The summed E-state index contributed by atoms with van der Waals surface area (Å²) >= 11 is 0. The molecular formula is C47H45N3. The Morgan fingerprint density at radius 3 is 2.40 bits per heavy atom. The molecule has 0 bridgehead atoms. The van der Waals surface area contributed by atoms with Crippen molar-refractivity contribution >= 4 is 28.2 Å². The predicted molar refractivity (Wildman–Crippen MR) is 212 cm³/mol. The van der Waals surface area contributed by atoms with E-state index in [9.17, 15) is 0 Å². The molecule has 5 aromatic rings. The van der Waals surface area contributed by atoms with Crippen molar-refractivity contribution in [2.45, 2.75) is 51.6 Å². The second-order valence-corrected chi connectivity index (χ2v) is 13.7. The molecule has 0 radical (unpaired) electrons. The predicted octanol–water partition coefficient (Wildman–Crippen LogP) is 11.4. The molecule has 2 heterocycles. The van der Waals surface area contributed by atoms with Crippen molar-refractivity contribution in [1.29, 1.82) is 0 Å². The van der Waals surface area contributed by atoms with E-state index in [1.54, 1.807) is 0 Å². The average molecular weight is 652 g/mol. The lowest BCUT2D eigenvalue weighted by Gasteiger charge is -2.34. The third-order valence-electron chi connectivity index (χ3n) is 10.5. The summed E-state index contributed by atoms with van der Waals surface area (Å²) in [5.41, 5.74) is 13.8. The van der Waals surface area contributed by atoms with Crippen LogP contribution in [-0.2, 0) is 19.5 Å². The number of aromatic nitrogens is 1. The highest BCUT2D eigenvalue weighted by molar-refractivity contribution is 6.05. The summed E-state index contributed by atoms with van der Waals surface area (Å²) in [4.78, 5) is 2.35. The number of benzene rings is 4. The van der Waals surface area contributed by atoms with Crippen LogP contribution in [0.25, 0.3) is 28.2 Å². The number of hydrogen-bond acceptors (Lipinski definition) is 2. The molecule has 2 atom stereocenters.